The quantitative estimate of drug-likeness (QED) is 0.802. The van der Waals surface area contributed by atoms with Gasteiger partial charge in [0.15, 0.2) is 17.2 Å². The molecular formula is C22H24F2N2O2. The van der Waals surface area contributed by atoms with Gasteiger partial charge in [-0.05, 0) is 37.3 Å². The van der Waals surface area contributed by atoms with E-state index in [1.807, 2.05) is 30.3 Å². The first kappa shape index (κ1) is 19.0. The van der Waals surface area contributed by atoms with Crippen LogP contribution in [0.1, 0.15) is 36.8 Å². The van der Waals surface area contributed by atoms with E-state index in [0.29, 0.717) is 19.4 Å². The Morgan fingerprint density at radius 3 is 2.50 bits per heavy atom. The minimum Gasteiger partial charge on any atom is -0.379 e. The Kier molecular flexibility index (Phi) is 4.93. The van der Waals surface area contributed by atoms with Crippen molar-refractivity contribution in [1.82, 2.24) is 10.2 Å². The number of nitrogens with one attached hydrogen (secondary N) is 1. The van der Waals surface area contributed by atoms with Crippen LogP contribution >= 0.6 is 0 Å². The van der Waals surface area contributed by atoms with E-state index in [9.17, 15) is 18.7 Å². The summed E-state index contributed by atoms with van der Waals surface area (Å²) >= 11 is 0. The van der Waals surface area contributed by atoms with Gasteiger partial charge in [0.1, 0.15) is 0 Å². The van der Waals surface area contributed by atoms with Crippen LogP contribution in [0.15, 0.2) is 48.5 Å². The first-order valence-corrected chi connectivity index (χ1v) is 9.69. The summed E-state index contributed by atoms with van der Waals surface area (Å²) in [6.07, 6.45) is 2.88. The highest BCUT2D eigenvalue weighted by Crippen LogP contribution is 2.45. The summed E-state index contributed by atoms with van der Waals surface area (Å²) in [4.78, 5) is 14.4. The molecular weight excluding hydrogens is 362 g/mol. The van der Waals surface area contributed by atoms with E-state index in [-0.39, 0.29) is 24.2 Å². The Labute approximate surface area is 163 Å². The summed E-state index contributed by atoms with van der Waals surface area (Å²) in [5, 5.41) is 14.4. The summed E-state index contributed by atoms with van der Waals surface area (Å²) < 4.78 is 27.5. The summed E-state index contributed by atoms with van der Waals surface area (Å²) in [7, 11) is 0. The number of rotatable bonds is 6. The molecule has 1 unspecified atom stereocenters. The molecule has 1 aliphatic heterocycles. The van der Waals surface area contributed by atoms with E-state index >= 15 is 0 Å². The number of hydrogen-bond donors (Lipinski definition) is 2. The SMILES string of the molecule is O=C1N(Cc2cccc(F)c2F)CCCC1(O)CNC1(c2ccccc2)CC1. The van der Waals surface area contributed by atoms with Crippen molar-refractivity contribution >= 4 is 5.91 Å². The molecule has 4 rings (SSSR count). The molecule has 1 aliphatic carbocycles. The Morgan fingerprint density at radius 2 is 1.79 bits per heavy atom. The molecule has 148 valence electrons. The van der Waals surface area contributed by atoms with Crippen LogP contribution in [0.3, 0.4) is 0 Å². The topological polar surface area (TPSA) is 52.6 Å². The van der Waals surface area contributed by atoms with Gasteiger partial charge in [0, 0.05) is 30.7 Å². The van der Waals surface area contributed by atoms with E-state index in [4.69, 9.17) is 0 Å². The zero-order valence-electron chi connectivity index (χ0n) is 15.6. The molecule has 1 heterocycles. The number of halogens is 2. The molecule has 2 aromatic rings. The lowest BCUT2D eigenvalue weighted by Gasteiger charge is -2.39. The first-order valence-electron chi connectivity index (χ1n) is 9.69. The summed E-state index contributed by atoms with van der Waals surface area (Å²) in [5.41, 5.74) is -0.449. The van der Waals surface area contributed by atoms with Crippen molar-refractivity contribution in [3.05, 3.63) is 71.3 Å². The Hall–Kier alpha value is -2.31. The van der Waals surface area contributed by atoms with Crippen molar-refractivity contribution in [2.45, 2.75) is 43.4 Å². The number of nitrogens with zero attached hydrogens (tertiary/aromatic N) is 1. The number of amides is 1. The molecule has 28 heavy (non-hydrogen) atoms. The third kappa shape index (κ3) is 3.54. The molecule has 1 saturated carbocycles. The minimum atomic E-state index is -1.54. The van der Waals surface area contributed by atoms with Crippen LogP contribution in [0, 0.1) is 11.6 Å². The summed E-state index contributed by atoms with van der Waals surface area (Å²) in [5.74, 6) is -2.31. The number of aliphatic hydroxyl groups is 1. The van der Waals surface area contributed by atoms with Crippen LogP contribution in [0.5, 0.6) is 0 Å². The largest absolute Gasteiger partial charge is 0.379 e. The van der Waals surface area contributed by atoms with Gasteiger partial charge in [0.2, 0.25) is 0 Å². The van der Waals surface area contributed by atoms with Gasteiger partial charge in [0.25, 0.3) is 5.91 Å². The zero-order valence-corrected chi connectivity index (χ0v) is 15.6. The van der Waals surface area contributed by atoms with E-state index in [1.54, 1.807) is 0 Å². The fourth-order valence-corrected chi connectivity index (χ4v) is 4.02. The fraction of sp³-hybridized carbons (Fsp3) is 0.409. The van der Waals surface area contributed by atoms with Crippen LogP contribution < -0.4 is 5.32 Å². The number of hydrogen-bond acceptors (Lipinski definition) is 3. The lowest BCUT2D eigenvalue weighted by atomic mass is 9.90. The molecule has 0 aromatic heterocycles. The highest BCUT2D eigenvalue weighted by atomic mass is 19.2. The molecule has 2 N–H and O–H groups in total. The number of benzene rings is 2. The third-order valence-corrected chi connectivity index (χ3v) is 5.89. The maximum Gasteiger partial charge on any atom is 0.256 e. The van der Waals surface area contributed by atoms with Crippen molar-refractivity contribution in [1.29, 1.82) is 0 Å². The summed E-state index contributed by atoms with van der Waals surface area (Å²) in [6.45, 7) is 0.512. The summed E-state index contributed by atoms with van der Waals surface area (Å²) in [6, 6.07) is 14.0. The average molecular weight is 386 g/mol. The molecule has 2 aliphatic rings. The van der Waals surface area contributed by atoms with Crippen LogP contribution in [-0.2, 0) is 16.9 Å². The highest BCUT2D eigenvalue weighted by molar-refractivity contribution is 5.86. The zero-order chi connectivity index (χ0) is 19.8. The molecule has 2 aromatic carbocycles. The van der Waals surface area contributed by atoms with Gasteiger partial charge in [-0.2, -0.15) is 0 Å². The maximum atomic E-state index is 14.0. The Morgan fingerprint density at radius 1 is 1.04 bits per heavy atom. The minimum absolute atomic E-state index is 0.0471. The predicted octanol–water partition coefficient (Wildman–Crippen LogP) is 3.10. The standard InChI is InChI=1S/C22H24F2N2O2/c23-18-9-4-6-16(19(18)24)14-26-13-5-10-22(28,20(26)27)15-25-21(11-12-21)17-7-2-1-3-8-17/h1-4,6-9,25,28H,5,10-15H2. The lowest BCUT2D eigenvalue weighted by molar-refractivity contribution is -0.157. The second kappa shape index (κ2) is 7.26. The third-order valence-electron chi connectivity index (χ3n) is 5.89. The van der Waals surface area contributed by atoms with Gasteiger partial charge < -0.3 is 15.3 Å². The van der Waals surface area contributed by atoms with Crippen molar-refractivity contribution in [2.24, 2.45) is 0 Å². The van der Waals surface area contributed by atoms with Crippen LogP contribution in [-0.4, -0.2) is 34.6 Å². The van der Waals surface area contributed by atoms with Crippen LogP contribution in [0.25, 0.3) is 0 Å². The number of piperidine rings is 1. The van der Waals surface area contributed by atoms with Gasteiger partial charge in [-0.1, -0.05) is 42.5 Å². The van der Waals surface area contributed by atoms with Crippen LogP contribution in [0.2, 0.25) is 0 Å². The van der Waals surface area contributed by atoms with E-state index < -0.39 is 23.1 Å². The monoisotopic (exact) mass is 386 g/mol. The highest BCUT2D eigenvalue weighted by Gasteiger charge is 2.48. The van der Waals surface area contributed by atoms with Gasteiger partial charge in [-0.25, -0.2) is 8.78 Å². The molecule has 6 heteroatoms. The molecule has 4 nitrogen and oxygen atoms in total. The number of likely N-dealkylation sites (tertiary alicyclic amines) is 1. The molecule has 0 bridgehead atoms. The normalized spacial score (nSPS) is 23.7. The smallest absolute Gasteiger partial charge is 0.256 e. The average Bonchev–Trinajstić information content (AvgIpc) is 3.50. The number of carbonyl (C=O) groups excluding carboxylic acids is 1. The van der Waals surface area contributed by atoms with E-state index in [0.717, 1.165) is 24.5 Å². The Bertz CT molecular complexity index is 870. The molecule has 1 saturated heterocycles. The van der Waals surface area contributed by atoms with Gasteiger partial charge in [-0.15, -0.1) is 0 Å². The second-order valence-electron chi connectivity index (χ2n) is 7.88. The number of carbonyl (C=O) groups is 1. The van der Waals surface area contributed by atoms with Gasteiger partial charge in [-0.3, -0.25) is 4.79 Å². The van der Waals surface area contributed by atoms with Gasteiger partial charge in [0.05, 0.1) is 0 Å². The van der Waals surface area contributed by atoms with E-state index in [2.05, 4.69) is 5.32 Å². The fourth-order valence-electron chi connectivity index (χ4n) is 4.02. The van der Waals surface area contributed by atoms with Crippen molar-refractivity contribution in [2.75, 3.05) is 13.1 Å². The molecule has 2 fully saturated rings. The van der Waals surface area contributed by atoms with Crippen molar-refractivity contribution < 1.29 is 18.7 Å². The van der Waals surface area contributed by atoms with Crippen LogP contribution in [0.4, 0.5) is 8.78 Å². The Balaban J connectivity index is 1.45. The predicted molar refractivity (Wildman–Crippen MR) is 101 cm³/mol. The van der Waals surface area contributed by atoms with E-state index in [1.165, 1.54) is 17.0 Å². The molecule has 1 amide bonds. The lowest BCUT2D eigenvalue weighted by Crippen LogP contribution is -2.58. The maximum absolute atomic E-state index is 14.0. The van der Waals surface area contributed by atoms with Crippen molar-refractivity contribution in [3.63, 3.8) is 0 Å². The second-order valence-corrected chi connectivity index (χ2v) is 7.88. The molecule has 0 spiro atoms. The molecule has 1 atom stereocenters. The first-order chi connectivity index (χ1) is 13.4. The van der Waals surface area contributed by atoms with Crippen molar-refractivity contribution in [3.8, 4) is 0 Å². The molecule has 0 radical (unpaired) electrons. The van der Waals surface area contributed by atoms with Gasteiger partial charge >= 0.3 is 0 Å².